The molecular weight excluding hydrogens is 370 g/mol. The fourth-order valence-corrected chi connectivity index (χ4v) is 4.76. The van der Waals surface area contributed by atoms with Crippen LogP contribution in [-0.4, -0.2) is 47.5 Å². The van der Waals surface area contributed by atoms with E-state index in [9.17, 15) is 9.59 Å². The maximum atomic E-state index is 13.0. The lowest BCUT2D eigenvalue weighted by atomic mass is 9.66. The number of rotatable bonds is 5. The zero-order valence-corrected chi connectivity index (χ0v) is 17.1. The highest BCUT2D eigenvalue weighted by Crippen LogP contribution is 2.46. The van der Waals surface area contributed by atoms with Gasteiger partial charge in [0.1, 0.15) is 0 Å². The van der Waals surface area contributed by atoms with Crippen molar-refractivity contribution in [2.24, 2.45) is 22.2 Å². The summed E-state index contributed by atoms with van der Waals surface area (Å²) in [6.45, 7) is 3.83. The van der Waals surface area contributed by atoms with Crippen molar-refractivity contribution in [2.45, 2.75) is 51.9 Å². The molecule has 3 rings (SSSR count). The molecule has 1 aliphatic heterocycles. The van der Waals surface area contributed by atoms with Crippen LogP contribution in [0.2, 0.25) is 0 Å². The summed E-state index contributed by atoms with van der Waals surface area (Å²) in [4.78, 5) is 26.7. The van der Waals surface area contributed by atoms with Crippen LogP contribution in [-0.2, 0) is 9.53 Å². The van der Waals surface area contributed by atoms with Gasteiger partial charge in [-0.3, -0.25) is 9.59 Å². The van der Waals surface area contributed by atoms with E-state index in [0.29, 0.717) is 30.1 Å². The van der Waals surface area contributed by atoms with Crippen molar-refractivity contribution in [1.29, 1.82) is 0 Å². The monoisotopic (exact) mass is 401 g/mol. The van der Waals surface area contributed by atoms with Gasteiger partial charge in [-0.25, -0.2) is 0 Å². The number of esters is 1. The number of carbonyl (C=O) groups excluding carboxylic acids is 2. The van der Waals surface area contributed by atoms with Crippen LogP contribution >= 0.6 is 0 Å². The van der Waals surface area contributed by atoms with Crippen molar-refractivity contribution in [1.82, 2.24) is 4.90 Å². The second-order valence-corrected chi connectivity index (χ2v) is 8.35. The lowest BCUT2D eigenvalue weighted by Gasteiger charge is -2.46. The van der Waals surface area contributed by atoms with Crippen LogP contribution in [0.1, 0.15) is 67.8 Å². The molecule has 1 saturated heterocycles. The zero-order valence-electron chi connectivity index (χ0n) is 17.1. The molecule has 1 amide bonds. The van der Waals surface area contributed by atoms with Gasteiger partial charge >= 0.3 is 5.97 Å². The van der Waals surface area contributed by atoms with Gasteiger partial charge in [-0.05, 0) is 68.9 Å². The summed E-state index contributed by atoms with van der Waals surface area (Å²) < 4.78 is 5.09. The van der Waals surface area contributed by atoms with Gasteiger partial charge in [0.25, 0.3) is 5.91 Å². The summed E-state index contributed by atoms with van der Waals surface area (Å²) in [6, 6.07) is 6.85. The Balaban J connectivity index is 1.59. The molecule has 2 aliphatic rings. The molecule has 0 radical (unpaired) electrons. The number of piperidine rings is 1. The number of amides is 1. The van der Waals surface area contributed by atoms with Crippen LogP contribution in [0.3, 0.4) is 0 Å². The van der Waals surface area contributed by atoms with Gasteiger partial charge in [0, 0.05) is 30.6 Å². The second kappa shape index (κ2) is 9.29. The third-order valence-electron chi connectivity index (χ3n) is 6.41. The normalized spacial score (nSPS) is 25.1. The van der Waals surface area contributed by atoms with Gasteiger partial charge in [0.2, 0.25) is 0 Å². The first-order valence-corrected chi connectivity index (χ1v) is 10.5. The number of nitrogens with two attached hydrogens (primary N) is 1. The minimum absolute atomic E-state index is 0.0282. The molecule has 1 heterocycles. The van der Waals surface area contributed by atoms with E-state index in [1.165, 1.54) is 0 Å². The van der Waals surface area contributed by atoms with Crippen LogP contribution < -0.4 is 5.73 Å². The number of likely N-dealkylation sites (tertiary alicyclic amines) is 1. The summed E-state index contributed by atoms with van der Waals surface area (Å²) in [5, 5.41) is 11.8. The molecule has 1 aromatic rings. The molecular formula is C22H31N3O4. The molecule has 0 unspecified atom stereocenters. The standard InChI is InChI=1S/C22H31N3O4/c1-2-29-19(26)14-16-8-11-22(12-9-16)10-3-13-25(15-22)21(27)18-6-4-17(5-7-18)20(23)24-28/h4-7,16,28H,2-3,8-15H2,1H3,(H2,23,24). The van der Waals surface area contributed by atoms with Gasteiger partial charge in [-0.1, -0.05) is 17.3 Å². The number of amidine groups is 1. The topological polar surface area (TPSA) is 105 Å². The number of hydrogen-bond donors (Lipinski definition) is 2. The van der Waals surface area contributed by atoms with E-state index in [-0.39, 0.29) is 23.1 Å². The van der Waals surface area contributed by atoms with Crippen molar-refractivity contribution >= 4 is 17.7 Å². The summed E-state index contributed by atoms with van der Waals surface area (Å²) in [7, 11) is 0. The lowest BCUT2D eigenvalue weighted by Crippen LogP contribution is -2.47. The molecule has 2 fully saturated rings. The SMILES string of the molecule is CCOC(=O)CC1CCC2(CCCN(C(=O)c3ccc(/C(N)=N\O)cc3)C2)CC1. The van der Waals surface area contributed by atoms with Crippen molar-refractivity contribution in [3.8, 4) is 0 Å². The molecule has 1 saturated carbocycles. The summed E-state index contributed by atoms with van der Waals surface area (Å²) in [5.41, 5.74) is 6.96. The Kier molecular flexibility index (Phi) is 6.77. The molecule has 1 aromatic carbocycles. The molecule has 3 N–H and O–H groups in total. The van der Waals surface area contributed by atoms with Gasteiger partial charge in [-0.15, -0.1) is 0 Å². The first-order chi connectivity index (χ1) is 14.0. The van der Waals surface area contributed by atoms with Crippen molar-refractivity contribution < 1.29 is 19.5 Å². The Morgan fingerprint density at radius 2 is 1.86 bits per heavy atom. The molecule has 1 spiro atoms. The predicted molar refractivity (Wildman–Crippen MR) is 110 cm³/mol. The fourth-order valence-electron chi connectivity index (χ4n) is 4.76. The third-order valence-corrected chi connectivity index (χ3v) is 6.41. The fraction of sp³-hybridized carbons (Fsp3) is 0.591. The number of carbonyl (C=O) groups is 2. The maximum absolute atomic E-state index is 13.0. The van der Waals surface area contributed by atoms with Gasteiger partial charge in [0.05, 0.1) is 6.61 Å². The third kappa shape index (κ3) is 5.08. The number of hydrogen-bond acceptors (Lipinski definition) is 5. The Morgan fingerprint density at radius 3 is 2.48 bits per heavy atom. The first kappa shape index (κ1) is 21.1. The zero-order chi connectivity index (χ0) is 20.9. The molecule has 158 valence electrons. The van der Waals surface area contributed by atoms with Gasteiger partial charge in [0.15, 0.2) is 5.84 Å². The van der Waals surface area contributed by atoms with Crippen LogP contribution in [0.15, 0.2) is 29.4 Å². The number of nitrogens with zero attached hydrogens (tertiary/aromatic N) is 2. The molecule has 0 atom stereocenters. The Labute approximate surface area is 171 Å². The molecule has 29 heavy (non-hydrogen) atoms. The first-order valence-electron chi connectivity index (χ1n) is 10.5. The van der Waals surface area contributed by atoms with E-state index in [1.54, 1.807) is 24.3 Å². The van der Waals surface area contributed by atoms with Crippen molar-refractivity contribution in [3.05, 3.63) is 35.4 Å². The Bertz CT molecular complexity index is 752. The van der Waals surface area contributed by atoms with E-state index >= 15 is 0 Å². The Morgan fingerprint density at radius 1 is 1.21 bits per heavy atom. The van der Waals surface area contributed by atoms with Crippen molar-refractivity contribution in [2.75, 3.05) is 19.7 Å². The predicted octanol–water partition coefficient (Wildman–Crippen LogP) is 3.15. The molecule has 0 aromatic heterocycles. The van der Waals surface area contributed by atoms with Crippen LogP contribution in [0.4, 0.5) is 0 Å². The smallest absolute Gasteiger partial charge is 0.306 e. The van der Waals surface area contributed by atoms with E-state index in [0.717, 1.165) is 51.6 Å². The lowest BCUT2D eigenvalue weighted by molar-refractivity contribution is -0.144. The van der Waals surface area contributed by atoms with Crippen LogP contribution in [0.5, 0.6) is 0 Å². The van der Waals surface area contributed by atoms with Crippen LogP contribution in [0, 0.1) is 11.3 Å². The molecule has 1 aliphatic carbocycles. The number of oxime groups is 1. The quantitative estimate of drug-likeness (QED) is 0.259. The van der Waals surface area contributed by atoms with E-state index in [4.69, 9.17) is 15.7 Å². The summed E-state index contributed by atoms with van der Waals surface area (Å²) >= 11 is 0. The Hall–Kier alpha value is -2.57. The van der Waals surface area contributed by atoms with Gasteiger partial charge in [-0.2, -0.15) is 0 Å². The van der Waals surface area contributed by atoms with E-state index in [2.05, 4.69) is 5.16 Å². The average molecular weight is 402 g/mol. The minimum atomic E-state index is -0.0933. The van der Waals surface area contributed by atoms with Crippen LogP contribution in [0.25, 0.3) is 0 Å². The molecule has 0 bridgehead atoms. The molecule has 7 heteroatoms. The van der Waals surface area contributed by atoms with E-state index < -0.39 is 0 Å². The highest BCUT2D eigenvalue weighted by Gasteiger charge is 2.40. The second-order valence-electron chi connectivity index (χ2n) is 8.35. The minimum Gasteiger partial charge on any atom is -0.466 e. The highest BCUT2D eigenvalue weighted by atomic mass is 16.5. The summed E-state index contributed by atoms with van der Waals surface area (Å²) in [6.07, 6.45) is 6.83. The largest absolute Gasteiger partial charge is 0.466 e. The highest BCUT2D eigenvalue weighted by molar-refractivity contribution is 5.99. The van der Waals surface area contributed by atoms with Gasteiger partial charge < -0.3 is 20.6 Å². The molecule has 7 nitrogen and oxygen atoms in total. The maximum Gasteiger partial charge on any atom is 0.306 e. The van der Waals surface area contributed by atoms with E-state index in [1.807, 2.05) is 11.8 Å². The summed E-state index contributed by atoms with van der Waals surface area (Å²) in [5.74, 6) is 0.366. The number of ether oxygens (including phenoxy) is 1. The average Bonchev–Trinajstić information content (AvgIpc) is 2.75. The van der Waals surface area contributed by atoms with Crippen molar-refractivity contribution in [3.63, 3.8) is 0 Å². The number of benzene rings is 1.